The number of hydrogen-bond acceptors (Lipinski definition) is 3. The van der Waals surface area contributed by atoms with Gasteiger partial charge in [-0.1, -0.05) is 6.42 Å². The maximum Gasteiger partial charge on any atom is 0.104 e. The van der Waals surface area contributed by atoms with Gasteiger partial charge in [-0.3, -0.25) is 0 Å². The number of fused-ring (bicyclic) bond motifs is 1. The minimum atomic E-state index is -0.350. The Bertz CT molecular complexity index is 271. The third-order valence-electron chi connectivity index (χ3n) is 4.53. The van der Waals surface area contributed by atoms with Crippen molar-refractivity contribution >= 4 is 0 Å². The molecule has 1 saturated heterocycles. The number of nitrogens with zero attached hydrogens (tertiary/aromatic N) is 2. The Morgan fingerprint density at radius 3 is 2.50 bits per heavy atom. The topological polar surface area (TPSA) is 39.1 Å². The molecule has 1 heterocycles. The van der Waals surface area contributed by atoms with Crippen molar-refractivity contribution in [3.05, 3.63) is 0 Å². The molecular formula is C13H23N3. The van der Waals surface area contributed by atoms with Crippen LogP contribution in [-0.4, -0.2) is 37.1 Å². The van der Waals surface area contributed by atoms with Crippen molar-refractivity contribution in [1.82, 2.24) is 10.2 Å². The number of nitriles is 1. The highest BCUT2D eigenvalue weighted by Crippen LogP contribution is 2.37. The van der Waals surface area contributed by atoms with E-state index in [9.17, 15) is 0 Å². The summed E-state index contributed by atoms with van der Waals surface area (Å²) in [4.78, 5) is 2.56. The highest BCUT2D eigenvalue weighted by Gasteiger charge is 2.36. The first-order valence-electron chi connectivity index (χ1n) is 6.49. The van der Waals surface area contributed by atoms with Crippen molar-refractivity contribution < 1.29 is 0 Å². The molecule has 1 saturated carbocycles. The van der Waals surface area contributed by atoms with Crippen LogP contribution in [0.1, 0.15) is 32.6 Å². The van der Waals surface area contributed by atoms with Gasteiger partial charge in [0.15, 0.2) is 0 Å². The van der Waals surface area contributed by atoms with Crippen molar-refractivity contribution in [1.29, 1.82) is 5.26 Å². The van der Waals surface area contributed by atoms with Crippen LogP contribution in [0, 0.1) is 23.2 Å². The highest BCUT2D eigenvalue weighted by molar-refractivity contribution is 5.03. The van der Waals surface area contributed by atoms with Gasteiger partial charge in [0.05, 0.1) is 6.07 Å². The number of rotatable bonds is 4. The highest BCUT2D eigenvalue weighted by atomic mass is 15.2. The molecule has 1 N–H and O–H groups in total. The van der Waals surface area contributed by atoms with Gasteiger partial charge < -0.3 is 10.2 Å². The van der Waals surface area contributed by atoms with Gasteiger partial charge in [0.25, 0.3) is 0 Å². The van der Waals surface area contributed by atoms with Crippen LogP contribution in [0.15, 0.2) is 0 Å². The molecule has 0 bridgehead atoms. The molecule has 3 heteroatoms. The Hall–Kier alpha value is -0.590. The normalized spacial score (nSPS) is 33.3. The molecular weight excluding hydrogens is 198 g/mol. The Balaban J connectivity index is 1.78. The van der Waals surface area contributed by atoms with E-state index in [4.69, 9.17) is 5.26 Å². The van der Waals surface area contributed by atoms with E-state index < -0.39 is 0 Å². The molecule has 2 rings (SSSR count). The van der Waals surface area contributed by atoms with Crippen molar-refractivity contribution in [3.8, 4) is 6.07 Å². The predicted molar refractivity (Wildman–Crippen MR) is 65.0 cm³/mol. The summed E-state index contributed by atoms with van der Waals surface area (Å²) in [5, 5.41) is 12.2. The van der Waals surface area contributed by atoms with Crippen molar-refractivity contribution in [2.75, 3.05) is 26.7 Å². The predicted octanol–water partition coefficient (Wildman–Crippen LogP) is 1.61. The first kappa shape index (κ1) is 11.9. The molecule has 3 nitrogen and oxygen atoms in total. The van der Waals surface area contributed by atoms with Crippen LogP contribution in [0.25, 0.3) is 0 Å². The molecule has 0 aromatic heterocycles. The average molecular weight is 221 g/mol. The molecule has 90 valence electrons. The fraction of sp³-hybridized carbons (Fsp3) is 0.923. The Kier molecular flexibility index (Phi) is 3.51. The summed E-state index contributed by atoms with van der Waals surface area (Å²) in [5.41, 5.74) is -0.350. The number of hydrogen-bond donors (Lipinski definition) is 1. The van der Waals surface area contributed by atoms with E-state index in [-0.39, 0.29) is 5.54 Å². The van der Waals surface area contributed by atoms with Gasteiger partial charge >= 0.3 is 0 Å². The van der Waals surface area contributed by atoms with Gasteiger partial charge in [-0.15, -0.1) is 0 Å². The summed E-state index contributed by atoms with van der Waals surface area (Å²) < 4.78 is 0. The van der Waals surface area contributed by atoms with Crippen molar-refractivity contribution in [2.45, 2.75) is 38.1 Å². The van der Waals surface area contributed by atoms with E-state index in [0.717, 1.165) is 24.8 Å². The van der Waals surface area contributed by atoms with Crippen LogP contribution in [0.3, 0.4) is 0 Å². The smallest absolute Gasteiger partial charge is 0.104 e. The summed E-state index contributed by atoms with van der Waals surface area (Å²) in [6.45, 7) is 5.60. The second-order valence-electron chi connectivity index (χ2n) is 5.65. The van der Waals surface area contributed by atoms with E-state index >= 15 is 0 Å². The molecule has 0 aromatic rings. The summed E-state index contributed by atoms with van der Waals surface area (Å²) in [7, 11) is 1.88. The summed E-state index contributed by atoms with van der Waals surface area (Å²) >= 11 is 0. The van der Waals surface area contributed by atoms with Crippen molar-refractivity contribution in [3.63, 3.8) is 0 Å². The van der Waals surface area contributed by atoms with Gasteiger partial charge in [-0.25, -0.2) is 0 Å². The minimum Gasteiger partial charge on any atom is -0.303 e. The van der Waals surface area contributed by atoms with E-state index in [2.05, 4.69) is 16.3 Å². The third-order valence-corrected chi connectivity index (χ3v) is 4.53. The maximum atomic E-state index is 9.09. The van der Waals surface area contributed by atoms with E-state index in [1.807, 2.05) is 14.0 Å². The minimum absolute atomic E-state index is 0.350. The van der Waals surface area contributed by atoms with Crippen LogP contribution in [0.2, 0.25) is 0 Å². The van der Waals surface area contributed by atoms with Gasteiger partial charge in [0, 0.05) is 19.6 Å². The fourth-order valence-electron chi connectivity index (χ4n) is 3.13. The molecule has 3 unspecified atom stereocenters. The van der Waals surface area contributed by atoms with Gasteiger partial charge in [-0.2, -0.15) is 5.26 Å². The monoisotopic (exact) mass is 221 g/mol. The second kappa shape index (κ2) is 4.73. The van der Waals surface area contributed by atoms with E-state index in [0.29, 0.717) is 0 Å². The maximum absolute atomic E-state index is 9.09. The molecule has 0 radical (unpaired) electrons. The molecule has 1 aliphatic carbocycles. The summed E-state index contributed by atoms with van der Waals surface area (Å²) in [5.74, 6) is 1.92. The first-order chi connectivity index (χ1) is 7.67. The average Bonchev–Trinajstić information content (AvgIpc) is 2.86. The fourth-order valence-corrected chi connectivity index (χ4v) is 3.13. The van der Waals surface area contributed by atoms with Crippen LogP contribution in [0.4, 0.5) is 0 Å². The number of nitrogens with one attached hydrogen (secondary N) is 1. The van der Waals surface area contributed by atoms with E-state index in [1.54, 1.807) is 0 Å². The lowest BCUT2D eigenvalue weighted by Gasteiger charge is -2.24. The van der Waals surface area contributed by atoms with Gasteiger partial charge in [0.2, 0.25) is 0 Å². The zero-order chi connectivity index (χ0) is 11.6. The Morgan fingerprint density at radius 1 is 1.38 bits per heavy atom. The molecule has 3 atom stereocenters. The molecule has 0 aromatic carbocycles. The first-order valence-corrected chi connectivity index (χ1v) is 6.49. The third kappa shape index (κ3) is 2.39. The van der Waals surface area contributed by atoms with E-state index in [1.165, 1.54) is 32.4 Å². The zero-order valence-electron chi connectivity index (χ0n) is 10.5. The van der Waals surface area contributed by atoms with Crippen LogP contribution in [-0.2, 0) is 0 Å². The molecule has 2 fully saturated rings. The Morgan fingerprint density at radius 2 is 2.00 bits per heavy atom. The van der Waals surface area contributed by atoms with Gasteiger partial charge in [0.1, 0.15) is 5.54 Å². The lowest BCUT2D eigenvalue weighted by atomic mass is 10.00. The summed E-state index contributed by atoms with van der Waals surface area (Å²) in [6.07, 6.45) is 5.24. The zero-order valence-corrected chi connectivity index (χ0v) is 10.5. The molecule has 1 aliphatic heterocycles. The lowest BCUT2D eigenvalue weighted by Crippen LogP contribution is -2.41. The molecule has 2 aliphatic rings. The lowest BCUT2D eigenvalue weighted by molar-refractivity contribution is 0.277. The quantitative estimate of drug-likeness (QED) is 0.784. The standard InChI is InChI=1S/C13H23N3/c1-13(10-14,15-2)6-7-16-8-11-4-3-5-12(11)9-16/h11-12,15H,3-9H2,1-2H3. The van der Waals surface area contributed by atoms with Crippen LogP contribution in [0.5, 0.6) is 0 Å². The largest absolute Gasteiger partial charge is 0.303 e. The molecule has 0 amide bonds. The van der Waals surface area contributed by atoms with Crippen LogP contribution < -0.4 is 5.32 Å². The molecule has 0 spiro atoms. The van der Waals surface area contributed by atoms with Crippen molar-refractivity contribution in [2.24, 2.45) is 11.8 Å². The summed E-state index contributed by atoms with van der Waals surface area (Å²) in [6, 6.07) is 2.36. The SMILES string of the molecule is CNC(C)(C#N)CCN1CC2CCCC2C1. The van der Waals surface area contributed by atoms with Gasteiger partial charge in [-0.05, 0) is 45.1 Å². The number of likely N-dealkylation sites (tertiary alicyclic amines) is 1. The Labute approximate surface area is 98.8 Å². The van der Waals surface area contributed by atoms with Crippen LogP contribution >= 0.6 is 0 Å². The second-order valence-corrected chi connectivity index (χ2v) is 5.65. The molecule has 16 heavy (non-hydrogen) atoms.